The van der Waals surface area contributed by atoms with Gasteiger partial charge in [0.2, 0.25) is 5.95 Å². The molecule has 0 atom stereocenters. The lowest BCUT2D eigenvalue weighted by Gasteiger charge is -2.11. The normalized spacial score (nSPS) is 11.2. The van der Waals surface area contributed by atoms with E-state index in [-0.39, 0.29) is 5.75 Å². The van der Waals surface area contributed by atoms with Crippen molar-refractivity contribution in [3.8, 4) is 17.0 Å². The molecule has 0 saturated carbocycles. The third-order valence-corrected chi connectivity index (χ3v) is 2.54. The Morgan fingerprint density at radius 3 is 2.65 bits per heavy atom. The summed E-state index contributed by atoms with van der Waals surface area (Å²) >= 11 is 0. The Labute approximate surface area is 113 Å². The predicted octanol–water partition coefficient (Wildman–Crippen LogP) is 3.39. The highest BCUT2D eigenvalue weighted by Gasteiger charge is 2.31. The number of alkyl halides is 3. The number of halogens is 3. The van der Waals surface area contributed by atoms with Crippen molar-refractivity contribution in [1.29, 1.82) is 0 Å². The summed E-state index contributed by atoms with van der Waals surface area (Å²) in [5, 5.41) is 2.78. The minimum Gasteiger partial charge on any atom is -0.406 e. The molecule has 0 aliphatic heterocycles. The summed E-state index contributed by atoms with van der Waals surface area (Å²) in [4.78, 5) is 8.27. The number of anilines is 1. The minimum absolute atomic E-state index is 0.279. The molecule has 0 bridgehead atoms. The van der Waals surface area contributed by atoms with E-state index in [1.54, 1.807) is 26.2 Å². The molecular formula is C13H12F3N3O. The number of rotatable bonds is 3. The average molecular weight is 283 g/mol. The van der Waals surface area contributed by atoms with Gasteiger partial charge in [-0.15, -0.1) is 13.2 Å². The van der Waals surface area contributed by atoms with Crippen molar-refractivity contribution in [3.63, 3.8) is 0 Å². The minimum atomic E-state index is -4.71. The number of hydrogen-bond acceptors (Lipinski definition) is 4. The molecule has 0 saturated heterocycles. The van der Waals surface area contributed by atoms with Crippen LogP contribution in [0.1, 0.15) is 5.56 Å². The first-order chi connectivity index (χ1) is 9.39. The first kappa shape index (κ1) is 14.1. The van der Waals surface area contributed by atoms with Crippen LogP contribution in [-0.4, -0.2) is 23.4 Å². The second kappa shape index (κ2) is 5.36. The van der Waals surface area contributed by atoms with E-state index in [2.05, 4.69) is 20.0 Å². The molecule has 0 aliphatic carbocycles. The molecule has 0 unspecified atom stereocenters. The van der Waals surface area contributed by atoms with Crippen LogP contribution in [0.15, 0.2) is 30.5 Å². The molecule has 1 N–H and O–H groups in total. The number of aromatic nitrogens is 2. The summed E-state index contributed by atoms with van der Waals surface area (Å²) in [5.41, 5.74) is 1.84. The zero-order valence-electron chi connectivity index (χ0n) is 10.8. The molecule has 2 rings (SSSR count). The van der Waals surface area contributed by atoms with Gasteiger partial charge in [-0.2, -0.15) is 0 Å². The standard InChI is InChI=1S/C13H12F3N3O/c1-8-7-18-12(17-2)19-11(8)9-4-3-5-10(6-9)20-13(14,15)16/h3-7H,1-2H3,(H,17,18,19). The summed E-state index contributed by atoms with van der Waals surface area (Å²) in [7, 11) is 1.66. The van der Waals surface area contributed by atoms with Gasteiger partial charge in [-0.3, -0.25) is 0 Å². The smallest absolute Gasteiger partial charge is 0.406 e. The quantitative estimate of drug-likeness (QED) is 0.938. The molecule has 1 aromatic heterocycles. The van der Waals surface area contributed by atoms with E-state index in [0.717, 1.165) is 5.56 Å². The van der Waals surface area contributed by atoms with E-state index in [9.17, 15) is 13.2 Å². The highest BCUT2D eigenvalue weighted by Crippen LogP contribution is 2.28. The number of benzene rings is 1. The summed E-state index contributed by atoms with van der Waals surface area (Å²) in [6, 6.07) is 5.68. The fraction of sp³-hybridized carbons (Fsp3) is 0.231. The lowest BCUT2D eigenvalue weighted by molar-refractivity contribution is -0.274. The number of aryl methyl sites for hydroxylation is 1. The fourth-order valence-corrected chi connectivity index (χ4v) is 1.70. The molecule has 0 amide bonds. The van der Waals surface area contributed by atoms with Crippen molar-refractivity contribution in [1.82, 2.24) is 9.97 Å². The van der Waals surface area contributed by atoms with Crippen LogP contribution in [0.3, 0.4) is 0 Å². The number of nitrogens with zero attached hydrogens (tertiary/aromatic N) is 2. The molecule has 20 heavy (non-hydrogen) atoms. The molecule has 0 fully saturated rings. The third kappa shape index (κ3) is 3.37. The van der Waals surface area contributed by atoms with Gasteiger partial charge in [0.05, 0.1) is 5.69 Å². The van der Waals surface area contributed by atoms with E-state index in [1.165, 1.54) is 18.2 Å². The van der Waals surface area contributed by atoms with Crippen molar-refractivity contribution in [2.24, 2.45) is 0 Å². The molecule has 1 heterocycles. The second-order valence-corrected chi connectivity index (χ2v) is 4.05. The Morgan fingerprint density at radius 1 is 1.25 bits per heavy atom. The Hall–Kier alpha value is -2.31. The maximum atomic E-state index is 12.2. The van der Waals surface area contributed by atoms with E-state index in [4.69, 9.17) is 0 Å². The van der Waals surface area contributed by atoms with Gasteiger partial charge in [0.15, 0.2) is 0 Å². The van der Waals surface area contributed by atoms with Gasteiger partial charge in [-0.25, -0.2) is 9.97 Å². The van der Waals surface area contributed by atoms with Crippen LogP contribution >= 0.6 is 0 Å². The largest absolute Gasteiger partial charge is 0.573 e. The van der Waals surface area contributed by atoms with Gasteiger partial charge in [0.1, 0.15) is 5.75 Å². The summed E-state index contributed by atoms with van der Waals surface area (Å²) in [5.74, 6) is 0.117. The van der Waals surface area contributed by atoms with Crippen molar-refractivity contribution in [3.05, 3.63) is 36.0 Å². The Balaban J connectivity index is 2.40. The fourth-order valence-electron chi connectivity index (χ4n) is 1.70. The zero-order valence-corrected chi connectivity index (χ0v) is 10.8. The summed E-state index contributed by atoms with van der Waals surface area (Å²) < 4.78 is 40.5. The highest BCUT2D eigenvalue weighted by molar-refractivity contribution is 5.65. The van der Waals surface area contributed by atoms with E-state index >= 15 is 0 Å². The molecule has 0 spiro atoms. The van der Waals surface area contributed by atoms with E-state index in [1.807, 2.05) is 0 Å². The van der Waals surface area contributed by atoms with Gasteiger partial charge in [-0.1, -0.05) is 12.1 Å². The first-order valence-electron chi connectivity index (χ1n) is 5.76. The molecule has 0 aliphatic rings. The van der Waals surface area contributed by atoms with Gasteiger partial charge in [-0.05, 0) is 24.6 Å². The van der Waals surface area contributed by atoms with Crippen LogP contribution in [0, 0.1) is 6.92 Å². The lowest BCUT2D eigenvalue weighted by atomic mass is 10.1. The third-order valence-electron chi connectivity index (χ3n) is 2.54. The topological polar surface area (TPSA) is 47.0 Å². The van der Waals surface area contributed by atoms with Crippen molar-refractivity contribution < 1.29 is 17.9 Å². The molecule has 4 nitrogen and oxygen atoms in total. The first-order valence-corrected chi connectivity index (χ1v) is 5.76. The van der Waals surface area contributed by atoms with Crippen molar-refractivity contribution in [2.45, 2.75) is 13.3 Å². The number of ether oxygens (including phenoxy) is 1. The van der Waals surface area contributed by atoms with Gasteiger partial charge >= 0.3 is 6.36 Å². The molecule has 7 heteroatoms. The number of hydrogen-bond donors (Lipinski definition) is 1. The number of nitrogens with one attached hydrogen (secondary N) is 1. The zero-order chi connectivity index (χ0) is 14.8. The summed E-state index contributed by atoms with van der Waals surface area (Å²) in [6.07, 6.45) is -3.11. The molecular weight excluding hydrogens is 271 g/mol. The Kier molecular flexibility index (Phi) is 3.78. The highest BCUT2D eigenvalue weighted by atomic mass is 19.4. The predicted molar refractivity (Wildman–Crippen MR) is 68.4 cm³/mol. The molecule has 2 aromatic rings. The maximum absolute atomic E-state index is 12.2. The SMILES string of the molecule is CNc1ncc(C)c(-c2cccc(OC(F)(F)F)c2)n1. The molecule has 0 radical (unpaired) electrons. The van der Waals surface area contributed by atoms with Crippen LogP contribution in [0.4, 0.5) is 19.1 Å². The van der Waals surface area contributed by atoms with Gasteiger partial charge in [0, 0.05) is 18.8 Å². The van der Waals surface area contributed by atoms with Crippen LogP contribution in [0.2, 0.25) is 0 Å². The van der Waals surface area contributed by atoms with Crippen LogP contribution in [0.5, 0.6) is 5.75 Å². The Bertz CT molecular complexity index is 614. The maximum Gasteiger partial charge on any atom is 0.573 e. The summed E-state index contributed by atoms with van der Waals surface area (Å²) in [6.45, 7) is 1.78. The van der Waals surface area contributed by atoms with E-state index < -0.39 is 6.36 Å². The monoisotopic (exact) mass is 283 g/mol. The van der Waals surface area contributed by atoms with Gasteiger partial charge in [0.25, 0.3) is 0 Å². The molecule has 106 valence electrons. The Morgan fingerprint density at radius 2 is 2.00 bits per heavy atom. The lowest BCUT2D eigenvalue weighted by Crippen LogP contribution is -2.17. The second-order valence-electron chi connectivity index (χ2n) is 4.05. The van der Waals surface area contributed by atoms with Crippen molar-refractivity contribution in [2.75, 3.05) is 12.4 Å². The van der Waals surface area contributed by atoms with Crippen LogP contribution < -0.4 is 10.1 Å². The van der Waals surface area contributed by atoms with Crippen LogP contribution in [0.25, 0.3) is 11.3 Å². The van der Waals surface area contributed by atoms with Crippen LogP contribution in [-0.2, 0) is 0 Å². The average Bonchev–Trinajstić information content (AvgIpc) is 2.37. The van der Waals surface area contributed by atoms with Gasteiger partial charge < -0.3 is 10.1 Å². The van der Waals surface area contributed by atoms with E-state index in [0.29, 0.717) is 17.2 Å². The van der Waals surface area contributed by atoms with Crippen molar-refractivity contribution >= 4 is 5.95 Å². The molecule has 1 aromatic carbocycles.